The second-order valence-corrected chi connectivity index (χ2v) is 3.62. The summed E-state index contributed by atoms with van der Waals surface area (Å²) in [4.78, 5) is 0. The van der Waals surface area contributed by atoms with E-state index in [0.717, 1.165) is 0 Å². The molecule has 0 aliphatic heterocycles. The van der Waals surface area contributed by atoms with E-state index in [1.807, 2.05) is 30.6 Å². The molecule has 0 fully saturated rings. The number of nitrogens with one attached hydrogen (secondary N) is 1. The second-order valence-electron chi connectivity index (χ2n) is 3.62. The molecule has 1 N–H and O–H groups in total. The van der Waals surface area contributed by atoms with Crippen molar-refractivity contribution in [2.75, 3.05) is 0 Å². The lowest BCUT2D eigenvalue weighted by atomic mass is 10.1. The molecule has 0 bridgehead atoms. The SMILES string of the molecule is CC(c1ccccc1)n1ccc(=N)cc1. The van der Waals surface area contributed by atoms with E-state index in [1.165, 1.54) is 5.56 Å². The van der Waals surface area contributed by atoms with Gasteiger partial charge in [-0.1, -0.05) is 30.3 Å². The summed E-state index contributed by atoms with van der Waals surface area (Å²) < 4.78 is 2.10. The molecule has 0 saturated carbocycles. The average molecular weight is 198 g/mol. The zero-order valence-electron chi connectivity index (χ0n) is 8.72. The molecular weight excluding hydrogens is 184 g/mol. The van der Waals surface area contributed by atoms with Gasteiger partial charge >= 0.3 is 0 Å². The van der Waals surface area contributed by atoms with Gasteiger partial charge in [-0.3, -0.25) is 0 Å². The molecule has 0 saturated heterocycles. The normalized spacial score (nSPS) is 12.3. The van der Waals surface area contributed by atoms with Gasteiger partial charge in [0.15, 0.2) is 0 Å². The minimum atomic E-state index is 0.312. The Morgan fingerprint density at radius 2 is 1.60 bits per heavy atom. The van der Waals surface area contributed by atoms with Crippen molar-refractivity contribution in [3.05, 3.63) is 65.8 Å². The molecule has 0 aliphatic rings. The van der Waals surface area contributed by atoms with Crippen LogP contribution in [0.1, 0.15) is 18.5 Å². The van der Waals surface area contributed by atoms with E-state index in [-0.39, 0.29) is 0 Å². The van der Waals surface area contributed by atoms with Crippen LogP contribution in [-0.4, -0.2) is 4.57 Å². The zero-order valence-corrected chi connectivity index (χ0v) is 8.72. The monoisotopic (exact) mass is 198 g/mol. The van der Waals surface area contributed by atoms with E-state index >= 15 is 0 Å². The summed E-state index contributed by atoms with van der Waals surface area (Å²) in [6.45, 7) is 2.15. The van der Waals surface area contributed by atoms with Crippen LogP contribution in [0.4, 0.5) is 0 Å². The van der Waals surface area contributed by atoms with Crippen LogP contribution < -0.4 is 5.36 Å². The van der Waals surface area contributed by atoms with Gasteiger partial charge in [0.1, 0.15) is 0 Å². The Morgan fingerprint density at radius 1 is 1.00 bits per heavy atom. The fraction of sp³-hybridized carbons (Fsp3) is 0.154. The highest BCUT2D eigenvalue weighted by Gasteiger charge is 2.03. The van der Waals surface area contributed by atoms with Crippen LogP contribution in [0.25, 0.3) is 0 Å². The molecular formula is C13H14N2. The standard InChI is InChI=1S/C13H14N2/c1-11(12-5-3-2-4-6-12)15-9-7-13(14)8-10-15/h2-11,14H,1H3. The molecule has 1 aromatic heterocycles. The summed E-state index contributed by atoms with van der Waals surface area (Å²) in [5.74, 6) is 0. The summed E-state index contributed by atoms with van der Waals surface area (Å²) in [5, 5.41) is 7.97. The van der Waals surface area contributed by atoms with Crippen molar-refractivity contribution in [1.82, 2.24) is 4.57 Å². The lowest BCUT2D eigenvalue weighted by molar-refractivity contribution is 0.633. The summed E-state index contributed by atoms with van der Waals surface area (Å²) in [6, 6.07) is 14.3. The maximum absolute atomic E-state index is 7.42. The van der Waals surface area contributed by atoms with Crippen molar-refractivity contribution in [2.45, 2.75) is 13.0 Å². The number of nitrogens with zero attached hydrogens (tertiary/aromatic N) is 1. The quantitative estimate of drug-likeness (QED) is 0.768. The fourth-order valence-electron chi connectivity index (χ4n) is 1.60. The molecule has 0 spiro atoms. The number of rotatable bonds is 2. The Hall–Kier alpha value is -1.83. The first kappa shape index (κ1) is 9.71. The van der Waals surface area contributed by atoms with Crippen LogP contribution in [-0.2, 0) is 0 Å². The molecule has 0 aliphatic carbocycles. The third kappa shape index (κ3) is 2.15. The lowest BCUT2D eigenvalue weighted by Crippen LogP contribution is -2.09. The summed E-state index contributed by atoms with van der Waals surface area (Å²) in [7, 11) is 0. The molecule has 0 amide bonds. The second kappa shape index (κ2) is 4.13. The lowest BCUT2D eigenvalue weighted by Gasteiger charge is -2.15. The first-order chi connectivity index (χ1) is 7.27. The van der Waals surface area contributed by atoms with Crippen molar-refractivity contribution in [2.24, 2.45) is 0 Å². The van der Waals surface area contributed by atoms with E-state index in [2.05, 4.69) is 23.6 Å². The minimum Gasteiger partial charge on any atom is -0.347 e. The van der Waals surface area contributed by atoms with Crippen LogP contribution in [0.5, 0.6) is 0 Å². The van der Waals surface area contributed by atoms with E-state index in [9.17, 15) is 0 Å². The molecule has 2 heteroatoms. The van der Waals surface area contributed by atoms with Crippen LogP contribution in [0, 0.1) is 5.41 Å². The van der Waals surface area contributed by atoms with Crippen molar-refractivity contribution in [1.29, 1.82) is 5.41 Å². The number of pyridine rings is 1. The van der Waals surface area contributed by atoms with Crippen LogP contribution in [0.15, 0.2) is 54.9 Å². The van der Waals surface area contributed by atoms with Crippen molar-refractivity contribution >= 4 is 0 Å². The highest BCUT2D eigenvalue weighted by molar-refractivity contribution is 5.19. The molecule has 2 aromatic rings. The first-order valence-corrected chi connectivity index (χ1v) is 5.05. The third-order valence-corrected chi connectivity index (χ3v) is 2.58. The maximum atomic E-state index is 7.42. The van der Waals surface area contributed by atoms with Crippen LogP contribution >= 0.6 is 0 Å². The maximum Gasteiger partial charge on any atom is 0.0568 e. The molecule has 2 rings (SSSR count). The van der Waals surface area contributed by atoms with E-state index in [4.69, 9.17) is 5.41 Å². The number of aromatic nitrogens is 1. The van der Waals surface area contributed by atoms with Crippen molar-refractivity contribution in [3.8, 4) is 0 Å². The van der Waals surface area contributed by atoms with Gasteiger partial charge in [0.2, 0.25) is 0 Å². The first-order valence-electron chi connectivity index (χ1n) is 5.05. The number of hydrogen-bond acceptors (Lipinski definition) is 1. The molecule has 15 heavy (non-hydrogen) atoms. The van der Waals surface area contributed by atoms with Gasteiger partial charge in [0.25, 0.3) is 0 Å². The largest absolute Gasteiger partial charge is 0.347 e. The van der Waals surface area contributed by atoms with Gasteiger partial charge in [-0.2, -0.15) is 0 Å². The van der Waals surface area contributed by atoms with Crippen molar-refractivity contribution < 1.29 is 0 Å². The van der Waals surface area contributed by atoms with Crippen LogP contribution in [0.2, 0.25) is 0 Å². The van der Waals surface area contributed by atoms with E-state index in [1.54, 1.807) is 12.1 Å². The van der Waals surface area contributed by atoms with E-state index < -0.39 is 0 Å². The average Bonchev–Trinajstić information content (AvgIpc) is 2.30. The highest BCUT2D eigenvalue weighted by Crippen LogP contribution is 2.15. The fourth-order valence-corrected chi connectivity index (χ4v) is 1.60. The number of benzene rings is 1. The molecule has 2 nitrogen and oxygen atoms in total. The Labute approximate surface area is 89.3 Å². The third-order valence-electron chi connectivity index (χ3n) is 2.58. The molecule has 1 aromatic carbocycles. The molecule has 1 unspecified atom stereocenters. The van der Waals surface area contributed by atoms with Gasteiger partial charge < -0.3 is 9.98 Å². The Bertz CT molecular complexity index is 465. The van der Waals surface area contributed by atoms with E-state index in [0.29, 0.717) is 11.4 Å². The Kier molecular flexibility index (Phi) is 2.68. The van der Waals surface area contributed by atoms with Gasteiger partial charge in [0, 0.05) is 12.4 Å². The minimum absolute atomic E-state index is 0.312. The van der Waals surface area contributed by atoms with Gasteiger partial charge in [0.05, 0.1) is 11.4 Å². The van der Waals surface area contributed by atoms with Crippen molar-refractivity contribution in [3.63, 3.8) is 0 Å². The smallest absolute Gasteiger partial charge is 0.0568 e. The number of hydrogen-bond donors (Lipinski definition) is 1. The zero-order chi connectivity index (χ0) is 10.7. The predicted octanol–water partition coefficient (Wildman–Crippen LogP) is 2.58. The summed E-state index contributed by atoms with van der Waals surface area (Å²) in [5.41, 5.74) is 1.28. The summed E-state index contributed by atoms with van der Waals surface area (Å²) >= 11 is 0. The molecule has 1 atom stereocenters. The molecule has 0 radical (unpaired) electrons. The van der Waals surface area contributed by atoms with Gasteiger partial charge in [-0.05, 0) is 24.6 Å². The molecule has 1 heterocycles. The highest BCUT2D eigenvalue weighted by atomic mass is 15.0. The Morgan fingerprint density at radius 3 is 2.20 bits per heavy atom. The Balaban J connectivity index is 2.32. The van der Waals surface area contributed by atoms with Crippen LogP contribution in [0.3, 0.4) is 0 Å². The van der Waals surface area contributed by atoms with Gasteiger partial charge in [-0.15, -0.1) is 0 Å². The predicted molar refractivity (Wildman–Crippen MR) is 60.5 cm³/mol. The topological polar surface area (TPSA) is 28.8 Å². The van der Waals surface area contributed by atoms with Gasteiger partial charge in [-0.25, -0.2) is 0 Å². The molecule has 76 valence electrons. The summed E-state index contributed by atoms with van der Waals surface area (Å²) in [6.07, 6.45) is 3.89.